The van der Waals surface area contributed by atoms with E-state index in [-0.39, 0.29) is 29.6 Å². The Kier molecular flexibility index (Phi) is 213. The molecule has 0 spiro atoms. The first-order valence-electron chi connectivity index (χ1n) is 0.890. The van der Waals surface area contributed by atoms with E-state index in [0.717, 1.165) is 6.26 Å². The van der Waals surface area contributed by atoms with Gasteiger partial charge in [-0.3, -0.25) is 0 Å². The normalized spacial score (nSPS) is 2.33. The average Bonchev–Trinajstić information content (AvgIpc) is 1.46. The van der Waals surface area contributed by atoms with Gasteiger partial charge in [-0.05, 0) is 0 Å². The van der Waals surface area contributed by atoms with Crippen LogP contribution < -0.4 is 29.6 Å². The predicted molar refractivity (Wildman–Crippen MR) is 17.8 cm³/mol. The zero-order valence-corrected chi connectivity index (χ0v) is 5.68. The molecule has 0 aromatic carbocycles. The molecule has 1 N–H and O–H groups in total. The van der Waals surface area contributed by atoms with Crippen molar-refractivity contribution in [3.8, 4) is 0 Å². The molecule has 2 nitrogen and oxygen atoms in total. The van der Waals surface area contributed by atoms with Gasteiger partial charge in [-0.15, -0.1) is 0 Å². The van der Waals surface area contributed by atoms with Gasteiger partial charge in [-0.25, -0.2) is 0 Å². The predicted octanol–water partition coefficient (Wildman–Crippen LogP) is -2.21. The smallest absolute Gasteiger partial charge is 0.516 e. The maximum atomic E-state index is 7.33. The zero-order valence-electron chi connectivity index (χ0n) is 3.68. The Morgan fingerprint density at radius 1 is 1.67 bits per heavy atom. The van der Waals surface area contributed by atoms with Gasteiger partial charge in [0.05, 0.1) is 6.26 Å². The third-order valence-corrected chi connectivity index (χ3v) is 0. The summed E-state index contributed by atoms with van der Waals surface area (Å²) in [6.07, 6.45) is 0.750. The molecular weight excluding hydrogens is 89.0 g/mol. The molecule has 3 heteroatoms. The van der Waals surface area contributed by atoms with Gasteiger partial charge in [0.2, 0.25) is 0 Å². The van der Waals surface area contributed by atoms with Gasteiger partial charge in [-0.1, -0.05) is 6.58 Å². The quantitative estimate of drug-likeness (QED) is 0.209. The minimum atomic E-state index is 0. The first kappa shape index (κ1) is 16.6. The molecule has 0 bridgehead atoms. The molecule has 0 aliphatic rings. The van der Waals surface area contributed by atoms with Gasteiger partial charge in [0.1, 0.15) is 0 Å². The van der Waals surface area contributed by atoms with Crippen LogP contribution in [-0.4, -0.2) is 5.11 Å². The van der Waals surface area contributed by atoms with Crippen LogP contribution in [0, 0.1) is 11.8 Å². The number of nitrogens with zero attached hydrogens (tertiary/aromatic N) is 1. The molecule has 0 saturated carbocycles. The van der Waals surface area contributed by atoms with Crippen LogP contribution in [0.15, 0.2) is 12.8 Å². The summed E-state index contributed by atoms with van der Waals surface area (Å²) in [4.78, 5) is 0. The van der Waals surface area contributed by atoms with Crippen molar-refractivity contribution in [2.24, 2.45) is 0 Å². The Morgan fingerprint density at radius 3 is 1.67 bits per heavy atom. The molecule has 0 aromatic heterocycles. The van der Waals surface area contributed by atoms with E-state index < -0.39 is 0 Å². The Hall–Kier alpha value is 0.0300. The minimum absolute atomic E-state index is 0. The first-order valence-corrected chi connectivity index (χ1v) is 0.890. The van der Waals surface area contributed by atoms with Crippen molar-refractivity contribution in [1.82, 2.24) is 0 Å². The summed E-state index contributed by atoms with van der Waals surface area (Å²) in [6, 6.07) is 0. The molecule has 0 amide bonds. The van der Waals surface area contributed by atoms with Crippen LogP contribution >= 0.6 is 0 Å². The molecule has 6 heavy (non-hydrogen) atoms. The number of rotatable bonds is 0. The molecular formula is C3H4NNaO. The van der Waals surface area contributed by atoms with Crippen molar-refractivity contribution in [2.75, 3.05) is 0 Å². The molecule has 28 valence electrons. The monoisotopic (exact) mass is 93.0 g/mol. The van der Waals surface area contributed by atoms with Gasteiger partial charge in [0.25, 0.3) is 0 Å². The van der Waals surface area contributed by atoms with Crippen molar-refractivity contribution in [2.45, 2.75) is 0 Å². The van der Waals surface area contributed by atoms with E-state index in [9.17, 15) is 0 Å². The summed E-state index contributed by atoms with van der Waals surface area (Å²) >= 11 is 0. The number of hydrogen-bond donors (Lipinski definition) is 1. The van der Waals surface area contributed by atoms with E-state index in [2.05, 4.69) is 6.58 Å². The molecule has 0 saturated heterocycles. The molecule has 0 atom stereocenters. The molecule has 0 unspecified atom stereocenters. The summed E-state index contributed by atoms with van der Waals surface area (Å²) in [5, 5.41) is 13.6. The molecule has 0 aromatic rings. The number of aliphatic hydroxyl groups excluding tert-OH is 1. The minimum Gasteiger partial charge on any atom is -0.516 e. The van der Waals surface area contributed by atoms with Crippen molar-refractivity contribution < 1.29 is 34.7 Å². The van der Waals surface area contributed by atoms with Crippen molar-refractivity contribution in [3.63, 3.8) is 0 Å². The standard InChI is InChI=1S/C2H4O.CN.Na/c1-2-3;1-2;/h2-3H,1H2;;/q;-1;+1. The summed E-state index contributed by atoms with van der Waals surface area (Å²) in [6.45, 7) is 7.67. The summed E-state index contributed by atoms with van der Waals surface area (Å²) in [5.74, 6) is 0. The van der Waals surface area contributed by atoms with E-state index in [0.29, 0.717) is 0 Å². The van der Waals surface area contributed by atoms with Crippen LogP contribution in [0.1, 0.15) is 0 Å². The van der Waals surface area contributed by atoms with Crippen LogP contribution in [0.3, 0.4) is 0 Å². The summed E-state index contributed by atoms with van der Waals surface area (Å²) in [7, 11) is 0. The number of hydrogen-bond acceptors (Lipinski definition) is 2. The SMILES string of the molecule is C=CO.[C-]#N.[Na+]. The maximum Gasteiger partial charge on any atom is 1.00 e. The van der Waals surface area contributed by atoms with Gasteiger partial charge in [0.15, 0.2) is 0 Å². The Bertz CT molecular complexity index is 35.0. The van der Waals surface area contributed by atoms with Crippen LogP contribution in [-0.2, 0) is 0 Å². The Balaban J connectivity index is -0.0000000275. The van der Waals surface area contributed by atoms with Crippen LogP contribution in [0.5, 0.6) is 0 Å². The second-order valence-electron chi connectivity index (χ2n) is 0.183. The maximum absolute atomic E-state index is 7.33. The molecule has 0 fully saturated rings. The Morgan fingerprint density at radius 2 is 1.67 bits per heavy atom. The fourth-order valence-corrected chi connectivity index (χ4v) is 0. The van der Waals surface area contributed by atoms with Crippen LogP contribution in [0.2, 0.25) is 0 Å². The van der Waals surface area contributed by atoms with Crippen molar-refractivity contribution in [3.05, 3.63) is 19.4 Å². The van der Waals surface area contributed by atoms with E-state index in [1.165, 1.54) is 0 Å². The topological polar surface area (TPSA) is 44.0 Å². The van der Waals surface area contributed by atoms with Crippen molar-refractivity contribution in [1.29, 1.82) is 5.26 Å². The van der Waals surface area contributed by atoms with Gasteiger partial charge >= 0.3 is 29.6 Å². The van der Waals surface area contributed by atoms with E-state index in [1.54, 1.807) is 0 Å². The van der Waals surface area contributed by atoms with Crippen molar-refractivity contribution >= 4 is 0 Å². The van der Waals surface area contributed by atoms with Crippen LogP contribution in [0.4, 0.5) is 0 Å². The second kappa shape index (κ2) is 77.0. The summed E-state index contributed by atoms with van der Waals surface area (Å²) < 4.78 is 0. The fraction of sp³-hybridized carbons (Fsp3) is 0. The van der Waals surface area contributed by atoms with E-state index >= 15 is 0 Å². The molecule has 0 rings (SSSR count). The second-order valence-corrected chi connectivity index (χ2v) is 0.183. The van der Waals surface area contributed by atoms with Gasteiger partial charge in [-0.2, -0.15) is 0 Å². The first-order chi connectivity index (χ1) is 2.41. The van der Waals surface area contributed by atoms with Crippen LogP contribution in [0.25, 0.3) is 0 Å². The zero-order chi connectivity index (χ0) is 4.71. The third kappa shape index (κ3) is 41100. The molecule has 0 heterocycles. The third-order valence-electron chi connectivity index (χ3n) is 0. The van der Waals surface area contributed by atoms with Gasteiger partial charge in [0, 0.05) is 0 Å². The molecule has 0 radical (unpaired) electrons. The number of aliphatic hydroxyl groups is 1. The average molecular weight is 93.1 g/mol. The Labute approximate surface area is 59.4 Å². The molecule has 0 aliphatic heterocycles. The largest absolute Gasteiger partial charge is 1.00 e. The van der Waals surface area contributed by atoms with Gasteiger partial charge < -0.3 is 16.9 Å². The molecule has 0 aliphatic carbocycles. The fourth-order valence-electron chi connectivity index (χ4n) is 0. The van der Waals surface area contributed by atoms with E-state index in [4.69, 9.17) is 16.9 Å². The summed E-state index contributed by atoms with van der Waals surface area (Å²) in [5.41, 5.74) is 0. The van der Waals surface area contributed by atoms with E-state index in [1.807, 2.05) is 0 Å².